The van der Waals surface area contributed by atoms with Crippen LogP contribution in [-0.4, -0.2) is 47.9 Å². The minimum atomic E-state index is -0.584. The van der Waals surface area contributed by atoms with E-state index < -0.39 is 17.6 Å². The van der Waals surface area contributed by atoms with Gasteiger partial charge in [-0.2, -0.15) is 6.42 Å². The minimum absolute atomic E-state index is 0. The Balaban J connectivity index is 0. The van der Waals surface area contributed by atoms with E-state index >= 15 is 0 Å². The van der Waals surface area contributed by atoms with Crippen molar-refractivity contribution in [1.82, 2.24) is 10.2 Å². The molecule has 137 valence electrons. The van der Waals surface area contributed by atoms with E-state index in [-0.39, 0.29) is 64.0 Å². The van der Waals surface area contributed by atoms with Crippen molar-refractivity contribution < 1.29 is 51.8 Å². The van der Waals surface area contributed by atoms with Gasteiger partial charge in [0, 0.05) is 45.8 Å². The summed E-state index contributed by atoms with van der Waals surface area (Å²) in [5.41, 5.74) is -0.584. The predicted molar refractivity (Wildman–Crippen MR) is 89.6 cm³/mol. The number of likely N-dealkylation sites (tertiary alicyclic amines) is 1. The van der Waals surface area contributed by atoms with Crippen LogP contribution < -0.4 is 5.32 Å². The van der Waals surface area contributed by atoms with Crippen LogP contribution >= 0.6 is 0 Å². The Hall–Kier alpha value is -0.616. The first-order valence-corrected chi connectivity index (χ1v) is 8.00. The molecule has 1 aliphatic heterocycles. The molecule has 0 bridgehead atoms. The van der Waals surface area contributed by atoms with E-state index in [9.17, 15) is 14.4 Å². The van der Waals surface area contributed by atoms with Crippen molar-refractivity contribution in [3.8, 4) is 0 Å². The molecule has 1 aliphatic rings. The Morgan fingerprint density at radius 3 is 2.33 bits per heavy atom. The molecule has 1 radical (unpaired) electrons. The topological polar surface area (TPSA) is 75.7 Å². The minimum Gasteiger partial charge on any atom is -0.444 e. The van der Waals surface area contributed by atoms with Crippen LogP contribution in [0.2, 0.25) is 0 Å². The molecule has 1 atom stereocenters. The summed E-state index contributed by atoms with van der Waals surface area (Å²) in [5.74, 6) is -0.878. The van der Waals surface area contributed by atoms with Gasteiger partial charge in [0.05, 0.1) is 18.4 Å². The molecule has 0 aliphatic carbocycles. The number of rotatable bonds is 4. The van der Waals surface area contributed by atoms with E-state index in [1.807, 2.05) is 0 Å². The van der Waals surface area contributed by atoms with E-state index in [0.717, 1.165) is 6.42 Å². The van der Waals surface area contributed by atoms with Gasteiger partial charge in [-0.05, 0) is 20.8 Å². The molecule has 2 amide bonds. The molecule has 1 rings (SSSR count). The molecule has 6 nitrogen and oxygen atoms in total. The largest absolute Gasteiger partial charge is 0.444 e. The van der Waals surface area contributed by atoms with Crippen LogP contribution in [0.15, 0.2) is 0 Å². The van der Waals surface area contributed by atoms with E-state index in [2.05, 4.69) is 26.1 Å². The monoisotopic (exact) mass is 415 g/mol. The normalized spacial score (nSPS) is 16.6. The van der Waals surface area contributed by atoms with Gasteiger partial charge >= 0.3 is 6.09 Å². The number of nitrogens with one attached hydrogen (secondary N) is 1. The van der Waals surface area contributed by atoms with Gasteiger partial charge in [-0.1, -0.05) is 19.8 Å². The average molecular weight is 415 g/mol. The van der Waals surface area contributed by atoms with Gasteiger partial charge < -0.3 is 33.6 Å². The SMILES string of the molecule is [CH2-]C(=O)NCC1CN(C(=O)OC(C)(C)C)CC1=O.[CH2-]CCCC.[Y]. The van der Waals surface area contributed by atoms with Crippen molar-refractivity contribution in [2.75, 3.05) is 19.6 Å². The number of carbonyl (C=O) groups excluding carboxylic acids is 3. The summed E-state index contributed by atoms with van der Waals surface area (Å²) in [6.45, 7) is 14.8. The maximum absolute atomic E-state index is 11.7. The smallest absolute Gasteiger partial charge is 0.410 e. The van der Waals surface area contributed by atoms with Gasteiger partial charge in [-0.3, -0.25) is 4.79 Å². The van der Waals surface area contributed by atoms with Gasteiger partial charge in [0.2, 0.25) is 0 Å². The summed E-state index contributed by atoms with van der Waals surface area (Å²) < 4.78 is 5.18. The average Bonchev–Trinajstić information content (AvgIpc) is 2.78. The van der Waals surface area contributed by atoms with Crippen LogP contribution in [-0.2, 0) is 47.0 Å². The first-order valence-electron chi connectivity index (χ1n) is 8.00. The van der Waals surface area contributed by atoms with Crippen LogP contribution in [0.3, 0.4) is 0 Å². The van der Waals surface area contributed by atoms with Gasteiger partial charge in [0.15, 0.2) is 5.78 Å². The van der Waals surface area contributed by atoms with Crippen LogP contribution in [0, 0.1) is 19.8 Å². The van der Waals surface area contributed by atoms with Crippen molar-refractivity contribution in [3.63, 3.8) is 0 Å². The second-order valence-electron chi connectivity index (χ2n) is 6.54. The molecule has 0 spiro atoms. The number of ketones is 1. The Morgan fingerprint density at radius 2 is 1.96 bits per heavy atom. The molecular weight excluding hydrogens is 385 g/mol. The third-order valence-electron chi connectivity index (χ3n) is 3.04. The number of unbranched alkanes of at least 4 members (excludes halogenated alkanes) is 2. The number of ether oxygens (including phenoxy) is 1. The maximum Gasteiger partial charge on any atom is 0.410 e. The molecular formula is C17H30N2O4Y-2. The fourth-order valence-electron chi connectivity index (χ4n) is 1.88. The number of carbonyl (C=O) groups is 3. The molecule has 7 heteroatoms. The predicted octanol–water partition coefficient (Wildman–Crippen LogP) is 2.38. The third-order valence-corrected chi connectivity index (χ3v) is 3.04. The van der Waals surface area contributed by atoms with Gasteiger partial charge in [-0.15, -0.1) is 0 Å². The number of nitrogens with zero attached hydrogens (tertiary/aromatic N) is 1. The zero-order valence-electron chi connectivity index (χ0n) is 15.4. The zero-order chi connectivity index (χ0) is 18.0. The molecule has 1 saturated heterocycles. The van der Waals surface area contributed by atoms with Crippen LogP contribution in [0.4, 0.5) is 4.79 Å². The van der Waals surface area contributed by atoms with E-state index in [1.165, 1.54) is 17.7 Å². The van der Waals surface area contributed by atoms with Gasteiger partial charge in [-0.25, -0.2) is 4.79 Å². The Bertz CT molecular complexity index is 406. The van der Waals surface area contributed by atoms with Crippen LogP contribution in [0.5, 0.6) is 0 Å². The van der Waals surface area contributed by atoms with Crippen molar-refractivity contribution >= 4 is 17.8 Å². The fraction of sp³-hybridized carbons (Fsp3) is 0.706. The number of amides is 2. The third kappa shape index (κ3) is 11.8. The second-order valence-corrected chi connectivity index (χ2v) is 6.54. The Morgan fingerprint density at radius 1 is 1.38 bits per heavy atom. The molecule has 0 aromatic rings. The fourth-order valence-corrected chi connectivity index (χ4v) is 1.88. The molecule has 24 heavy (non-hydrogen) atoms. The Kier molecular flexibility index (Phi) is 13.6. The van der Waals surface area contributed by atoms with Crippen molar-refractivity contribution in [3.05, 3.63) is 13.8 Å². The standard InChI is InChI=1S/C12H19N2O4.C5H11.Y/c1-8(15)13-5-9-6-14(7-10(9)16)11(17)18-12(2,3)4;1-3-5-4-2;/h9H,1,5-7H2,2-4H3,(H,13,15);1,3-5H2,2H3;/q2*-1;. The van der Waals surface area contributed by atoms with Crippen molar-refractivity contribution in [2.45, 2.75) is 52.6 Å². The summed E-state index contributed by atoms with van der Waals surface area (Å²) in [7, 11) is 0. The zero-order valence-corrected chi connectivity index (χ0v) is 18.2. The van der Waals surface area contributed by atoms with E-state index in [4.69, 9.17) is 4.74 Å². The molecule has 1 fully saturated rings. The molecule has 0 aromatic carbocycles. The van der Waals surface area contributed by atoms with Crippen molar-refractivity contribution in [1.29, 1.82) is 0 Å². The second kappa shape index (κ2) is 12.7. The Labute approximate surface area is 171 Å². The van der Waals surface area contributed by atoms with Crippen molar-refractivity contribution in [2.24, 2.45) is 5.92 Å². The molecule has 1 heterocycles. The van der Waals surface area contributed by atoms with E-state index in [1.54, 1.807) is 20.8 Å². The summed E-state index contributed by atoms with van der Waals surface area (Å²) >= 11 is 0. The molecule has 0 aromatic heterocycles. The number of Topliss-reactive ketones (excluding diaryl/α,β-unsaturated/α-hetero) is 1. The summed E-state index contributed by atoms with van der Waals surface area (Å²) in [6.07, 6.45) is 3.15. The van der Waals surface area contributed by atoms with Crippen LogP contribution in [0.1, 0.15) is 47.0 Å². The summed E-state index contributed by atoms with van der Waals surface area (Å²) in [4.78, 5) is 35.4. The maximum atomic E-state index is 11.7. The number of hydrogen-bond acceptors (Lipinski definition) is 4. The van der Waals surface area contributed by atoms with Crippen LogP contribution in [0.25, 0.3) is 0 Å². The molecule has 1 N–H and O–H groups in total. The molecule has 1 unspecified atom stereocenters. The van der Waals surface area contributed by atoms with Gasteiger partial charge in [0.1, 0.15) is 5.60 Å². The van der Waals surface area contributed by atoms with E-state index in [0.29, 0.717) is 0 Å². The first-order chi connectivity index (χ1) is 10.6. The quantitative estimate of drug-likeness (QED) is 0.716. The van der Waals surface area contributed by atoms with Gasteiger partial charge in [0.25, 0.3) is 0 Å². The number of hydrogen-bond donors (Lipinski definition) is 1. The first kappa shape index (κ1) is 25.6. The molecule has 0 saturated carbocycles. The summed E-state index contributed by atoms with van der Waals surface area (Å²) in [5, 5.41) is 2.48. The summed E-state index contributed by atoms with van der Waals surface area (Å²) in [6, 6.07) is 0.